The molecule has 2 N–H and O–H groups in total. The van der Waals surface area contributed by atoms with E-state index in [1.54, 1.807) is 12.1 Å². The standard InChI is InChI=1S/C15H21FN2S/c1-11(13-9-5-6-10-14(13)16)17-15(19)18-12-7-3-2-4-8-12/h5-6,9-12H,2-4,7-8H2,1H3,(H2,17,18,19). The molecule has 104 valence electrons. The molecule has 0 amide bonds. The number of halogens is 1. The van der Waals surface area contributed by atoms with Crippen LogP contribution in [0.25, 0.3) is 0 Å². The summed E-state index contributed by atoms with van der Waals surface area (Å²) in [6.07, 6.45) is 6.21. The first-order chi connectivity index (χ1) is 9.16. The van der Waals surface area contributed by atoms with Gasteiger partial charge in [0.25, 0.3) is 0 Å². The van der Waals surface area contributed by atoms with E-state index >= 15 is 0 Å². The Hall–Kier alpha value is -1.16. The first kappa shape index (κ1) is 14.3. The Labute approximate surface area is 119 Å². The van der Waals surface area contributed by atoms with Crippen molar-refractivity contribution < 1.29 is 4.39 Å². The van der Waals surface area contributed by atoms with Crippen LogP contribution in [-0.4, -0.2) is 11.2 Å². The summed E-state index contributed by atoms with van der Waals surface area (Å²) < 4.78 is 13.6. The summed E-state index contributed by atoms with van der Waals surface area (Å²) in [5.41, 5.74) is 0.648. The predicted octanol–water partition coefficient (Wildman–Crippen LogP) is 3.68. The van der Waals surface area contributed by atoms with E-state index in [4.69, 9.17) is 12.2 Å². The van der Waals surface area contributed by atoms with Crippen LogP contribution < -0.4 is 10.6 Å². The quantitative estimate of drug-likeness (QED) is 0.826. The molecular formula is C15H21FN2S. The van der Waals surface area contributed by atoms with Crippen LogP contribution in [0.3, 0.4) is 0 Å². The number of nitrogens with one attached hydrogen (secondary N) is 2. The van der Waals surface area contributed by atoms with Gasteiger partial charge in [-0.3, -0.25) is 0 Å². The summed E-state index contributed by atoms with van der Waals surface area (Å²) in [5, 5.41) is 7.13. The molecule has 2 rings (SSSR count). The minimum absolute atomic E-state index is 0.121. The van der Waals surface area contributed by atoms with E-state index in [1.165, 1.54) is 38.2 Å². The average molecular weight is 280 g/mol. The highest BCUT2D eigenvalue weighted by Gasteiger charge is 2.16. The third kappa shape index (κ3) is 4.16. The Morgan fingerprint density at radius 1 is 1.26 bits per heavy atom. The second-order valence-corrected chi connectivity index (χ2v) is 5.60. The van der Waals surface area contributed by atoms with Crippen LogP contribution in [-0.2, 0) is 0 Å². The lowest BCUT2D eigenvalue weighted by Gasteiger charge is -2.26. The van der Waals surface area contributed by atoms with Crippen molar-refractivity contribution in [1.82, 2.24) is 10.6 Å². The minimum Gasteiger partial charge on any atom is -0.360 e. The number of benzene rings is 1. The van der Waals surface area contributed by atoms with Gasteiger partial charge in [-0.2, -0.15) is 0 Å². The molecule has 1 fully saturated rings. The molecule has 19 heavy (non-hydrogen) atoms. The number of thiocarbonyl (C=S) groups is 1. The molecule has 0 aromatic heterocycles. The second-order valence-electron chi connectivity index (χ2n) is 5.20. The fourth-order valence-electron chi connectivity index (χ4n) is 2.57. The van der Waals surface area contributed by atoms with Crippen LogP contribution in [0, 0.1) is 5.82 Å². The molecule has 1 aromatic rings. The Morgan fingerprint density at radius 2 is 1.95 bits per heavy atom. The van der Waals surface area contributed by atoms with Crippen molar-refractivity contribution in [2.45, 2.75) is 51.1 Å². The molecule has 0 bridgehead atoms. The highest BCUT2D eigenvalue weighted by Crippen LogP contribution is 2.18. The summed E-state index contributed by atoms with van der Waals surface area (Å²) in [6, 6.07) is 7.16. The van der Waals surface area contributed by atoms with Crippen molar-refractivity contribution in [2.75, 3.05) is 0 Å². The van der Waals surface area contributed by atoms with E-state index < -0.39 is 0 Å². The van der Waals surface area contributed by atoms with Crippen molar-refractivity contribution in [3.63, 3.8) is 0 Å². The molecule has 4 heteroatoms. The maximum Gasteiger partial charge on any atom is 0.166 e. The number of hydrogen-bond acceptors (Lipinski definition) is 1. The van der Waals surface area contributed by atoms with Gasteiger partial charge in [-0.15, -0.1) is 0 Å². The zero-order valence-corrected chi connectivity index (χ0v) is 12.1. The Kier molecular flexibility index (Phi) is 5.14. The van der Waals surface area contributed by atoms with Gasteiger partial charge in [0.1, 0.15) is 5.82 Å². The molecule has 0 heterocycles. The van der Waals surface area contributed by atoms with E-state index in [0.29, 0.717) is 16.7 Å². The van der Waals surface area contributed by atoms with Crippen LogP contribution in [0.5, 0.6) is 0 Å². The van der Waals surface area contributed by atoms with Gasteiger partial charge >= 0.3 is 0 Å². The summed E-state index contributed by atoms with van der Waals surface area (Å²) in [6.45, 7) is 1.92. The van der Waals surface area contributed by atoms with Gasteiger partial charge in [-0.25, -0.2) is 4.39 Å². The number of rotatable bonds is 3. The largest absolute Gasteiger partial charge is 0.360 e. The first-order valence-electron chi connectivity index (χ1n) is 6.98. The van der Waals surface area contributed by atoms with Crippen molar-refractivity contribution in [2.24, 2.45) is 0 Å². The summed E-state index contributed by atoms with van der Waals surface area (Å²) in [5.74, 6) is -0.192. The van der Waals surface area contributed by atoms with Crippen molar-refractivity contribution in [1.29, 1.82) is 0 Å². The van der Waals surface area contributed by atoms with E-state index in [9.17, 15) is 4.39 Å². The van der Waals surface area contributed by atoms with Gasteiger partial charge in [-0.1, -0.05) is 37.5 Å². The first-order valence-corrected chi connectivity index (χ1v) is 7.39. The molecule has 0 spiro atoms. The van der Waals surface area contributed by atoms with E-state index in [0.717, 1.165) is 0 Å². The Morgan fingerprint density at radius 3 is 2.63 bits per heavy atom. The SMILES string of the molecule is CC(NC(=S)NC1CCCCC1)c1ccccc1F. The molecule has 1 aliphatic carbocycles. The minimum atomic E-state index is -0.192. The van der Waals surface area contributed by atoms with Gasteiger partial charge in [0, 0.05) is 11.6 Å². The third-order valence-corrected chi connectivity index (χ3v) is 3.90. The van der Waals surface area contributed by atoms with Crippen LogP contribution in [0.2, 0.25) is 0 Å². The zero-order chi connectivity index (χ0) is 13.7. The molecule has 1 aromatic carbocycles. The maximum atomic E-state index is 13.6. The average Bonchev–Trinajstić information content (AvgIpc) is 2.40. The molecule has 0 aliphatic heterocycles. The molecule has 1 aliphatic rings. The molecule has 1 unspecified atom stereocenters. The fraction of sp³-hybridized carbons (Fsp3) is 0.533. The predicted molar refractivity (Wildman–Crippen MR) is 80.6 cm³/mol. The van der Waals surface area contributed by atoms with Gasteiger partial charge in [0.05, 0.1) is 6.04 Å². The monoisotopic (exact) mass is 280 g/mol. The number of hydrogen-bond donors (Lipinski definition) is 2. The molecule has 0 saturated heterocycles. The van der Waals surface area contributed by atoms with Crippen LogP contribution >= 0.6 is 12.2 Å². The maximum absolute atomic E-state index is 13.6. The fourth-order valence-corrected chi connectivity index (χ4v) is 2.92. The lowest BCUT2D eigenvalue weighted by Crippen LogP contribution is -2.43. The molecule has 0 radical (unpaired) electrons. The second kappa shape index (κ2) is 6.85. The van der Waals surface area contributed by atoms with E-state index in [2.05, 4.69) is 10.6 Å². The molecule has 1 atom stereocenters. The van der Waals surface area contributed by atoms with Crippen molar-refractivity contribution in [3.8, 4) is 0 Å². The Balaban J connectivity index is 1.86. The summed E-state index contributed by atoms with van der Waals surface area (Å²) in [7, 11) is 0. The van der Waals surface area contributed by atoms with Crippen LogP contribution in [0.1, 0.15) is 50.6 Å². The van der Waals surface area contributed by atoms with Crippen LogP contribution in [0.15, 0.2) is 24.3 Å². The zero-order valence-electron chi connectivity index (χ0n) is 11.3. The normalized spacial score (nSPS) is 17.8. The third-order valence-electron chi connectivity index (χ3n) is 3.66. The van der Waals surface area contributed by atoms with Crippen LogP contribution in [0.4, 0.5) is 4.39 Å². The lowest BCUT2D eigenvalue weighted by molar-refractivity contribution is 0.410. The smallest absolute Gasteiger partial charge is 0.166 e. The van der Waals surface area contributed by atoms with Gasteiger partial charge in [0.15, 0.2) is 5.11 Å². The Bertz CT molecular complexity index is 430. The van der Waals surface area contributed by atoms with Crippen molar-refractivity contribution in [3.05, 3.63) is 35.6 Å². The van der Waals surface area contributed by atoms with Gasteiger partial charge in [-0.05, 0) is 38.0 Å². The topological polar surface area (TPSA) is 24.1 Å². The molecule has 1 saturated carbocycles. The van der Waals surface area contributed by atoms with Crippen molar-refractivity contribution >= 4 is 17.3 Å². The van der Waals surface area contributed by atoms with Gasteiger partial charge < -0.3 is 10.6 Å². The van der Waals surface area contributed by atoms with E-state index in [-0.39, 0.29) is 11.9 Å². The lowest BCUT2D eigenvalue weighted by atomic mass is 9.96. The highest BCUT2D eigenvalue weighted by molar-refractivity contribution is 7.80. The molecular weight excluding hydrogens is 259 g/mol. The molecule has 2 nitrogen and oxygen atoms in total. The summed E-state index contributed by atoms with van der Waals surface area (Å²) in [4.78, 5) is 0. The van der Waals surface area contributed by atoms with E-state index in [1.807, 2.05) is 13.0 Å². The van der Waals surface area contributed by atoms with Gasteiger partial charge in [0.2, 0.25) is 0 Å². The summed E-state index contributed by atoms with van der Waals surface area (Å²) >= 11 is 5.31. The highest BCUT2D eigenvalue weighted by atomic mass is 32.1.